The van der Waals surface area contributed by atoms with Crippen molar-refractivity contribution in [2.75, 3.05) is 13.2 Å². The van der Waals surface area contributed by atoms with E-state index in [0.717, 1.165) is 49.9 Å². The molecule has 0 aliphatic heterocycles. The van der Waals surface area contributed by atoms with E-state index >= 15 is 0 Å². The van der Waals surface area contributed by atoms with Gasteiger partial charge in [-0.05, 0) is 76.0 Å². The van der Waals surface area contributed by atoms with Gasteiger partial charge in [0.1, 0.15) is 0 Å². The molecular weight excluding hydrogens is 290 g/mol. The highest BCUT2D eigenvalue weighted by molar-refractivity contribution is 5.84. The molecule has 0 unspecified atom stereocenters. The standard InChI is InChI=1S/C19H29NO3/c1-2-23-17(21)5-6-20(16-3-4-16)18(22)19-10-13-7-14(11-19)9-15(8-13)12-19/h13-16H,2-12H2,1H3. The first-order valence-electron chi connectivity index (χ1n) is 9.56. The predicted octanol–water partition coefficient (Wildman–Crippen LogP) is 3.15. The first-order chi connectivity index (χ1) is 11.1. The zero-order valence-corrected chi connectivity index (χ0v) is 14.3. The van der Waals surface area contributed by atoms with Gasteiger partial charge in [-0.1, -0.05) is 0 Å². The van der Waals surface area contributed by atoms with E-state index < -0.39 is 0 Å². The second-order valence-corrected chi connectivity index (χ2v) is 8.48. The van der Waals surface area contributed by atoms with E-state index in [9.17, 15) is 9.59 Å². The number of carbonyl (C=O) groups is 2. The predicted molar refractivity (Wildman–Crippen MR) is 86.6 cm³/mol. The average Bonchev–Trinajstić information content (AvgIpc) is 3.31. The summed E-state index contributed by atoms with van der Waals surface area (Å²) in [4.78, 5) is 27.2. The van der Waals surface area contributed by atoms with Gasteiger partial charge >= 0.3 is 5.97 Å². The number of ether oxygens (including phenoxy) is 1. The normalized spacial score (nSPS) is 37.7. The molecule has 1 amide bonds. The Labute approximate surface area is 138 Å². The fourth-order valence-corrected chi connectivity index (χ4v) is 5.96. The Morgan fingerprint density at radius 1 is 1.04 bits per heavy atom. The Kier molecular flexibility index (Phi) is 3.89. The van der Waals surface area contributed by atoms with Crippen molar-refractivity contribution in [1.29, 1.82) is 0 Å². The minimum Gasteiger partial charge on any atom is -0.466 e. The Balaban J connectivity index is 1.46. The molecule has 5 aliphatic rings. The number of carbonyl (C=O) groups excluding carboxylic acids is 2. The van der Waals surface area contributed by atoms with Crippen molar-refractivity contribution in [3.8, 4) is 0 Å². The van der Waals surface area contributed by atoms with Crippen molar-refractivity contribution in [3.05, 3.63) is 0 Å². The van der Waals surface area contributed by atoms with Crippen molar-refractivity contribution >= 4 is 11.9 Å². The summed E-state index contributed by atoms with van der Waals surface area (Å²) in [5, 5.41) is 0. The van der Waals surface area contributed by atoms with Crippen LogP contribution in [-0.4, -0.2) is 36.0 Å². The van der Waals surface area contributed by atoms with E-state index in [2.05, 4.69) is 4.90 Å². The number of esters is 1. The maximum atomic E-state index is 13.4. The second-order valence-electron chi connectivity index (χ2n) is 8.48. The van der Waals surface area contributed by atoms with Crippen LogP contribution in [0.4, 0.5) is 0 Å². The summed E-state index contributed by atoms with van der Waals surface area (Å²) in [6, 6.07) is 0.393. The monoisotopic (exact) mass is 319 g/mol. The topological polar surface area (TPSA) is 46.6 Å². The molecule has 5 fully saturated rings. The highest BCUT2D eigenvalue weighted by atomic mass is 16.5. The Morgan fingerprint density at radius 3 is 2.09 bits per heavy atom. The molecule has 5 saturated carbocycles. The van der Waals surface area contributed by atoms with Gasteiger partial charge in [-0.15, -0.1) is 0 Å². The second kappa shape index (κ2) is 5.78. The average molecular weight is 319 g/mol. The molecule has 0 aromatic carbocycles. The molecule has 5 rings (SSSR count). The van der Waals surface area contributed by atoms with Crippen LogP contribution in [0.15, 0.2) is 0 Å². The van der Waals surface area contributed by atoms with Gasteiger partial charge in [-0.3, -0.25) is 9.59 Å². The van der Waals surface area contributed by atoms with E-state index in [4.69, 9.17) is 4.74 Å². The van der Waals surface area contributed by atoms with Crippen LogP contribution in [0, 0.1) is 23.2 Å². The van der Waals surface area contributed by atoms with Crippen LogP contribution >= 0.6 is 0 Å². The molecular formula is C19H29NO3. The van der Waals surface area contributed by atoms with Crippen LogP contribution in [0.25, 0.3) is 0 Å². The lowest BCUT2D eigenvalue weighted by Crippen LogP contribution is -2.55. The van der Waals surface area contributed by atoms with E-state index in [1.54, 1.807) is 0 Å². The molecule has 4 heteroatoms. The van der Waals surface area contributed by atoms with Crippen LogP contribution < -0.4 is 0 Å². The van der Waals surface area contributed by atoms with Crippen LogP contribution in [0.5, 0.6) is 0 Å². The first kappa shape index (κ1) is 15.5. The van der Waals surface area contributed by atoms with Gasteiger partial charge in [-0.25, -0.2) is 0 Å². The Bertz CT molecular complexity index is 462. The lowest BCUT2D eigenvalue weighted by Gasteiger charge is -2.56. The molecule has 23 heavy (non-hydrogen) atoms. The van der Waals surface area contributed by atoms with Crippen LogP contribution in [0.2, 0.25) is 0 Å². The van der Waals surface area contributed by atoms with E-state index in [-0.39, 0.29) is 11.4 Å². The van der Waals surface area contributed by atoms with Gasteiger partial charge < -0.3 is 9.64 Å². The lowest BCUT2D eigenvalue weighted by atomic mass is 9.49. The zero-order chi connectivity index (χ0) is 16.0. The zero-order valence-electron chi connectivity index (χ0n) is 14.3. The molecule has 0 spiro atoms. The van der Waals surface area contributed by atoms with Crippen molar-refractivity contribution < 1.29 is 14.3 Å². The molecule has 5 aliphatic carbocycles. The van der Waals surface area contributed by atoms with Gasteiger partial charge in [0.2, 0.25) is 5.91 Å². The molecule has 128 valence electrons. The maximum Gasteiger partial charge on any atom is 0.307 e. The third-order valence-corrected chi connectivity index (χ3v) is 6.60. The molecule has 0 radical (unpaired) electrons. The molecule has 0 aromatic heterocycles. The summed E-state index contributed by atoms with van der Waals surface area (Å²) in [7, 11) is 0. The fourth-order valence-electron chi connectivity index (χ4n) is 5.96. The quantitative estimate of drug-likeness (QED) is 0.707. The minimum atomic E-state index is -0.170. The Hall–Kier alpha value is -1.06. The van der Waals surface area contributed by atoms with Gasteiger partial charge in [0, 0.05) is 12.6 Å². The van der Waals surface area contributed by atoms with E-state index in [1.807, 2.05) is 6.92 Å². The van der Waals surface area contributed by atoms with Crippen LogP contribution in [-0.2, 0) is 14.3 Å². The first-order valence-corrected chi connectivity index (χ1v) is 9.56. The largest absolute Gasteiger partial charge is 0.466 e. The molecule has 0 heterocycles. The summed E-state index contributed by atoms with van der Waals surface area (Å²) in [6.07, 6.45) is 9.99. The third kappa shape index (κ3) is 2.89. The van der Waals surface area contributed by atoms with Crippen molar-refractivity contribution in [1.82, 2.24) is 4.90 Å². The maximum absolute atomic E-state index is 13.4. The van der Waals surface area contributed by atoms with Crippen molar-refractivity contribution in [2.24, 2.45) is 23.2 Å². The number of hydrogen-bond donors (Lipinski definition) is 0. The van der Waals surface area contributed by atoms with E-state index in [1.165, 1.54) is 19.3 Å². The summed E-state index contributed by atoms with van der Waals surface area (Å²) in [5.74, 6) is 2.57. The summed E-state index contributed by atoms with van der Waals surface area (Å²) < 4.78 is 5.04. The molecule has 0 atom stereocenters. The fraction of sp³-hybridized carbons (Fsp3) is 0.895. The molecule has 4 nitrogen and oxygen atoms in total. The summed E-state index contributed by atoms with van der Waals surface area (Å²) in [6.45, 7) is 2.81. The lowest BCUT2D eigenvalue weighted by molar-refractivity contribution is -0.159. The summed E-state index contributed by atoms with van der Waals surface area (Å²) >= 11 is 0. The molecule has 0 saturated heterocycles. The number of nitrogens with zero attached hydrogens (tertiary/aromatic N) is 1. The van der Waals surface area contributed by atoms with E-state index in [0.29, 0.717) is 31.5 Å². The molecule has 0 aromatic rings. The van der Waals surface area contributed by atoms with Crippen LogP contribution in [0.3, 0.4) is 0 Å². The smallest absolute Gasteiger partial charge is 0.307 e. The van der Waals surface area contributed by atoms with Gasteiger partial charge in [0.15, 0.2) is 0 Å². The van der Waals surface area contributed by atoms with Crippen molar-refractivity contribution in [3.63, 3.8) is 0 Å². The third-order valence-electron chi connectivity index (χ3n) is 6.60. The minimum absolute atomic E-state index is 0.0774. The SMILES string of the molecule is CCOC(=O)CCN(C(=O)C12CC3CC(CC(C3)C1)C2)C1CC1. The van der Waals surface area contributed by atoms with Crippen molar-refractivity contribution in [2.45, 2.75) is 70.8 Å². The van der Waals surface area contributed by atoms with Gasteiger partial charge in [-0.2, -0.15) is 0 Å². The molecule has 4 bridgehead atoms. The van der Waals surface area contributed by atoms with Gasteiger partial charge in [0.05, 0.1) is 18.4 Å². The number of rotatable bonds is 6. The number of amides is 1. The number of hydrogen-bond acceptors (Lipinski definition) is 3. The summed E-state index contributed by atoms with van der Waals surface area (Å²) in [5.41, 5.74) is -0.0774. The van der Waals surface area contributed by atoms with Crippen LogP contribution in [0.1, 0.15) is 64.7 Å². The highest BCUT2D eigenvalue weighted by Gasteiger charge is 2.56. The molecule has 0 N–H and O–H groups in total. The van der Waals surface area contributed by atoms with Gasteiger partial charge in [0.25, 0.3) is 0 Å². The highest BCUT2D eigenvalue weighted by Crippen LogP contribution is 2.60. The Morgan fingerprint density at radius 2 is 1.61 bits per heavy atom.